The zero-order valence-corrected chi connectivity index (χ0v) is 19.4. The second-order valence-corrected chi connectivity index (χ2v) is 10.2. The highest BCUT2D eigenvalue weighted by molar-refractivity contribution is 5.67. The minimum atomic E-state index is -4.35. The molecule has 3 nitrogen and oxygen atoms in total. The third kappa shape index (κ3) is 6.72. The molecule has 2 fully saturated rings. The summed E-state index contributed by atoms with van der Waals surface area (Å²) in [4.78, 5) is 14.0. The van der Waals surface area contributed by atoms with Crippen molar-refractivity contribution in [1.82, 2.24) is 4.90 Å². The van der Waals surface area contributed by atoms with Crippen molar-refractivity contribution < 1.29 is 23.1 Å². The molecule has 0 saturated heterocycles. The number of rotatable bonds is 9. The number of carbonyl (C=O) groups is 1. The van der Waals surface area contributed by atoms with Crippen LogP contribution in [-0.2, 0) is 11.0 Å². The summed E-state index contributed by atoms with van der Waals surface area (Å²) >= 11 is 0. The Hall–Kier alpha value is -1.56. The second-order valence-electron chi connectivity index (χ2n) is 10.2. The summed E-state index contributed by atoms with van der Waals surface area (Å²) in [6, 6.07) is 5.87. The molecule has 2 aliphatic rings. The summed E-state index contributed by atoms with van der Waals surface area (Å²) in [7, 11) is 0. The Morgan fingerprint density at radius 3 is 2.31 bits per heavy atom. The van der Waals surface area contributed by atoms with Gasteiger partial charge in [0.15, 0.2) is 0 Å². The first-order chi connectivity index (χ1) is 15.2. The number of halogens is 3. The maximum Gasteiger partial charge on any atom is 0.416 e. The predicted octanol–water partition coefficient (Wildman–Crippen LogP) is 6.97. The molecule has 0 aromatic heterocycles. The average molecular weight is 454 g/mol. The largest absolute Gasteiger partial charge is 0.481 e. The summed E-state index contributed by atoms with van der Waals surface area (Å²) < 4.78 is 39.3. The Labute approximate surface area is 190 Å². The van der Waals surface area contributed by atoms with E-state index in [1.807, 2.05) is 0 Å². The molecule has 32 heavy (non-hydrogen) atoms. The monoisotopic (exact) mass is 453 g/mol. The fourth-order valence-electron chi connectivity index (χ4n) is 5.79. The molecular formula is C26H38F3NO2. The normalized spacial score (nSPS) is 25.9. The molecule has 1 unspecified atom stereocenters. The van der Waals surface area contributed by atoms with Crippen molar-refractivity contribution in [1.29, 1.82) is 0 Å². The second kappa shape index (κ2) is 11.0. The lowest BCUT2D eigenvalue weighted by molar-refractivity contribution is -0.139. The van der Waals surface area contributed by atoms with Gasteiger partial charge >= 0.3 is 12.1 Å². The SMILES string of the molecule is CCC(C)CN(CC1CCCC1)[C@@H]1CC[C@@H](CC(=O)O)C[C@H]1c1ccc(C(F)(F)F)cc1. The van der Waals surface area contributed by atoms with Gasteiger partial charge < -0.3 is 5.11 Å². The molecule has 0 spiro atoms. The minimum Gasteiger partial charge on any atom is -0.481 e. The Morgan fingerprint density at radius 1 is 1.09 bits per heavy atom. The number of hydrogen-bond donors (Lipinski definition) is 1. The molecule has 2 aliphatic carbocycles. The first-order valence-corrected chi connectivity index (χ1v) is 12.3. The van der Waals surface area contributed by atoms with Gasteiger partial charge in [0.25, 0.3) is 0 Å². The highest BCUT2D eigenvalue weighted by Crippen LogP contribution is 2.42. The fraction of sp³-hybridized carbons (Fsp3) is 0.731. The van der Waals surface area contributed by atoms with Crippen LogP contribution in [0.5, 0.6) is 0 Å². The molecule has 1 N–H and O–H groups in total. The van der Waals surface area contributed by atoms with E-state index in [1.54, 1.807) is 12.1 Å². The number of benzene rings is 1. The van der Waals surface area contributed by atoms with E-state index in [9.17, 15) is 23.1 Å². The third-order valence-electron chi connectivity index (χ3n) is 7.73. The van der Waals surface area contributed by atoms with Crippen molar-refractivity contribution >= 4 is 5.97 Å². The number of hydrogen-bond acceptors (Lipinski definition) is 2. The van der Waals surface area contributed by atoms with Crippen LogP contribution in [0.3, 0.4) is 0 Å². The van der Waals surface area contributed by atoms with Crippen molar-refractivity contribution in [2.24, 2.45) is 17.8 Å². The quantitative estimate of drug-likeness (QED) is 0.439. The summed E-state index contributed by atoms with van der Waals surface area (Å²) in [5.41, 5.74) is 0.289. The van der Waals surface area contributed by atoms with E-state index in [-0.39, 0.29) is 24.3 Å². The summed E-state index contributed by atoms with van der Waals surface area (Å²) in [6.45, 7) is 6.52. The van der Waals surface area contributed by atoms with E-state index >= 15 is 0 Å². The molecule has 2 saturated carbocycles. The Kier molecular flexibility index (Phi) is 8.65. The van der Waals surface area contributed by atoms with Gasteiger partial charge in [0, 0.05) is 25.6 Å². The van der Waals surface area contributed by atoms with Gasteiger partial charge in [0.2, 0.25) is 0 Å². The molecule has 180 valence electrons. The van der Waals surface area contributed by atoms with Crippen molar-refractivity contribution in [3.63, 3.8) is 0 Å². The number of nitrogens with zero attached hydrogens (tertiary/aromatic N) is 1. The molecular weight excluding hydrogens is 415 g/mol. The molecule has 0 amide bonds. The van der Waals surface area contributed by atoms with Gasteiger partial charge in [-0.3, -0.25) is 9.69 Å². The van der Waals surface area contributed by atoms with E-state index in [2.05, 4.69) is 18.7 Å². The molecule has 0 heterocycles. The van der Waals surface area contributed by atoms with Gasteiger partial charge in [-0.25, -0.2) is 0 Å². The number of aliphatic carboxylic acids is 1. The molecule has 3 rings (SSSR count). The standard InChI is InChI=1S/C26H38F3NO2/c1-3-18(2)16-30(17-19-6-4-5-7-19)24-13-8-20(15-25(31)32)14-23(24)21-9-11-22(12-10-21)26(27,28)29/h9-12,18-20,23-24H,3-8,13-17H2,1-2H3,(H,31,32)/t18?,20-,23+,24-/m1/s1. The van der Waals surface area contributed by atoms with Gasteiger partial charge in [0.05, 0.1) is 5.56 Å². The lowest BCUT2D eigenvalue weighted by Gasteiger charge is -2.44. The van der Waals surface area contributed by atoms with Crippen molar-refractivity contribution in [2.75, 3.05) is 13.1 Å². The molecule has 0 bridgehead atoms. The highest BCUT2D eigenvalue weighted by atomic mass is 19.4. The van der Waals surface area contributed by atoms with Gasteiger partial charge in [-0.15, -0.1) is 0 Å². The summed E-state index contributed by atoms with van der Waals surface area (Å²) in [6.07, 6.45) is 4.49. The third-order valence-corrected chi connectivity index (χ3v) is 7.73. The molecule has 0 aliphatic heterocycles. The Balaban J connectivity index is 1.87. The van der Waals surface area contributed by atoms with Crippen LogP contribution in [0.1, 0.15) is 88.7 Å². The maximum atomic E-state index is 13.1. The van der Waals surface area contributed by atoms with Crippen LogP contribution in [0.25, 0.3) is 0 Å². The van der Waals surface area contributed by atoms with Crippen LogP contribution in [0.2, 0.25) is 0 Å². The van der Waals surface area contributed by atoms with Crippen LogP contribution < -0.4 is 0 Å². The van der Waals surface area contributed by atoms with E-state index in [1.165, 1.54) is 37.8 Å². The lowest BCUT2D eigenvalue weighted by atomic mass is 9.72. The van der Waals surface area contributed by atoms with E-state index in [0.717, 1.165) is 44.3 Å². The number of carboxylic acid groups (broad SMARTS) is 1. The van der Waals surface area contributed by atoms with E-state index in [4.69, 9.17) is 0 Å². The van der Waals surface area contributed by atoms with Crippen LogP contribution in [0, 0.1) is 17.8 Å². The number of alkyl halides is 3. The predicted molar refractivity (Wildman–Crippen MR) is 121 cm³/mol. The van der Waals surface area contributed by atoms with Crippen molar-refractivity contribution in [3.8, 4) is 0 Å². The highest BCUT2D eigenvalue weighted by Gasteiger charge is 2.38. The van der Waals surface area contributed by atoms with Crippen LogP contribution in [-0.4, -0.2) is 35.1 Å². The summed E-state index contributed by atoms with van der Waals surface area (Å²) in [5, 5.41) is 9.33. The van der Waals surface area contributed by atoms with Gasteiger partial charge in [-0.05, 0) is 73.5 Å². The first-order valence-electron chi connectivity index (χ1n) is 12.3. The van der Waals surface area contributed by atoms with Gasteiger partial charge in [-0.1, -0.05) is 45.2 Å². The average Bonchev–Trinajstić information content (AvgIpc) is 3.25. The minimum absolute atomic E-state index is 0.0702. The van der Waals surface area contributed by atoms with Crippen LogP contribution in [0.4, 0.5) is 13.2 Å². The maximum absolute atomic E-state index is 13.1. The van der Waals surface area contributed by atoms with Gasteiger partial charge in [-0.2, -0.15) is 13.2 Å². The molecule has 6 heteroatoms. The smallest absolute Gasteiger partial charge is 0.416 e. The Morgan fingerprint density at radius 2 is 1.75 bits per heavy atom. The van der Waals surface area contributed by atoms with Crippen molar-refractivity contribution in [2.45, 2.75) is 89.8 Å². The van der Waals surface area contributed by atoms with Crippen LogP contribution >= 0.6 is 0 Å². The van der Waals surface area contributed by atoms with Gasteiger partial charge in [0.1, 0.15) is 0 Å². The zero-order valence-electron chi connectivity index (χ0n) is 19.4. The van der Waals surface area contributed by atoms with E-state index in [0.29, 0.717) is 11.8 Å². The molecule has 1 aromatic carbocycles. The first kappa shape index (κ1) is 25.1. The molecule has 0 radical (unpaired) electrons. The zero-order chi connectivity index (χ0) is 23.3. The lowest BCUT2D eigenvalue weighted by Crippen LogP contribution is -2.46. The topological polar surface area (TPSA) is 40.5 Å². The van der Waals surface area contributed by atoms with E-state index < -0.39 is 17.7 Å². The number of carboxylic acids is 1. The van der Waals surface area contributed by atoms with Crippen molar-refractivity contribution in [3.05, 3.63) is 35.4 Å². The Bertz CT molecular complexity index is 728. The van der Waals surface area contributed by atoms with Crippen LogP contribution in [0.15, 0.2) is 24.3 Å². The fourth-order valence-corrected chi connectivity index (χ4v) is 5.79. The molecule has 4 atom stereocenters. The molecule has 1 aromatic rings. The summed E-state index contributed by atoms with van der Waals surface area (Å²) in [5.74, 6) is 0.612.